The molecule has 0 saturated heterocycles. The van der Waals surface area contributed by atoms with Gasteiger partial charge in [-0.2, -0.15) is 0 Å². The van der Waals surface area contributed by atoms with Gasteiger partial charge in [0.15, 0.2) is 11.2 Å². The van der Waals surface area contributed by atoms with E-state index in [0.29, 0.717) is 0 Å². The van der Waals surface area contributed by atoms with Crippen molar-refractivity contribution in [3.05, 3.63) is 229 Å². The van der Waals surface area contributed by atoms with Crippen LogP contribution < -0.4 is 9.80 Å². The summed E-state index contributed by atoms with van der Waals surface area (Å²) in [4.78, 5) is 4.67. The van der Waals surface area contributed by atoms with E-state index in [0.717, 1.165) is 111 Å². The quantitative estimate of drug-likeness (QED) is 0.166. The van der Waals surface area contributed by atoms with Gasteiger partial charge < -0.3 is 23.1 Å². The highest BCUT2D eigenvalue weighted by Crippen LogP contribution is 2.56. The van der Waals surface area contributed by atoms with Crippen molar-refractivity contribution >= 4 is 121 Å². The van der Waals surface area contributed by atoms with E-state index in [2.05, 4.69) is 271 Å². The first kappa shape index (κ1) is 46.3. The number of benzene rings is 11. The fourth-order valence-corrected chi connectivity index (χ4v) is 13.2. The minimum Gasteiger partial charge on any atom is -0.455 e. The monoisotopic (exact) mass is 1010 g/mol. The molecule has 1 aliphatic rings. The average Bonchev–Trinajstić information content (AvgIpc) is 4.36. The minimum absolute atomic E-state index is 0.0768. The summed E-state index contributed by atoms with van der Waals surface area (Å²) in [7, 11) is 0. The third kappa shape index (κ3) is 6.73. The Morgan fingerprint density at radius 1 is 0.308 bits per heavy atom. The van der Waals surface area contributed by atoms with Crippen molar-refractivity contribution in [2.24, 2.45) is 0 Å². The normalized spacial score (nSPS) is 13.5. The lowest BCUT2D eigenvalue weighted by Crippen LogP contribution is -2.16. The zero-order valence-corrected chi connectivity index (χ0v) is 45.2. The summed E-state index contributed by atoms with van der Waals surface area (Å²) < 4.78 is 21.2. The van der Waals surface area contributed by atoms with Gasteiger partial charge in [-0.15, -0.1) is 0 Å². The predicted molar refractivity (Wildman–Crippen MR) is 328 cm³/mol. The second-order valence-electron chi connectivity index (χ2n) is 24.1. The number of rotatable bonds is 6. The van der Waals surface area contributed by atoms with Crippen LogP contribution in [0, 0.1) is 0 Å². The lowest BCUT2D eigenvalue weighted by molar-refractivity contribution is 0.572. The third-order valence-corrected chi connectivity index (χ3v) is 16.8. The predicted octanol–water partition coefficient (Wildman–Crippen LogP) is 21.5. The molecule has 378 valence electrons. The largest absolute Gasteiger partial charge is 0.455 e. The van der Waals surface area contributed by atoms with E-state index in [1.54, 1.807) is 0 Å². The molecular formula is C73H58N2O3. The molecule has 11 aromatic carbocycles. The maximum atomic E-state index is 7.27. The van der Waals surface area contributed by atoms with Crippen LogP contribution in [0.1, 0.15) is 77.6 Å². The highest BCUT2D eigenvalue weighted by atomic mass is 16.3. The maximum Gasteiger partial charge on any atom is 0.159 e. The van der Waals surface area contributed by atoms with Crippen LogP contribution >= 0.6 is 0 Å². The number of fused-ring (bicyclic) bond motifs is 17. The zero-order valence-electron chi connectivity index (χ0n) is 45.2. The molecule has 0 radical (unpaired) electrons. The van der Waals surface area contributed by atoms with Gasteiger partial charge in [0.2, 0.25) is 0 Å². The molecule has 0 atom stereocenters. The van der Waals surface area contributed by atoms with Gasteiger partial charge in [-0.1, -0.05) is 183 Å². The molecule has 5 heteroatoms. The third-order valence-electron chi connectivity index (χ3n) is 16.8. The molecule has 5 nitrogen and oxygen atoms in total. The van der Waals surface area contributed by atoms with E-state index >= 15 is 0 Å². The second-order valence-corrected chi connectivity index (χ2v) is 24.1. The molecule has 15 rings (SSSR count). The molecule has 0 spiro atoms. The first-order valence-electron chi connectivity index (χ1n) is 27.3. The van der Waals surface area contributed by atoms with Crippen LogP contribution in [0.5, 0.6) is 0 Å². The van der Waals surface area contributed by atoms with Crippen molar-refractivity contribution in [3.8, 4) is 11.1 Å². The summed E-state index contributed by atoms with van der Waals surface area (Å²) in [6.45, 7) is 18.2. The van der Waals surface area contributed by atoms with E-state index in [9.17, 15) is 0 Å². The van der Waals surface area contributed by atoms with Crippen molar-refractivity contribution < 1.29 is 13.3 Å². The van der Waals surface area contributed by atoms with E-state index in [1.165, 1.54) is 44.2 Å². The first-order valence-corrected chi connectivity index (χ1v) is 27.3. The number of anilines is 6. The molecule has 0 N–H and O–H groups in total. The maximum absolute atomic E-state index is 7.27. The van der Waals surface area contributed by atoms with Gasteiger partial charge in [-0.3, -0.25) is 0 Å². The smallest absolute Gasteiger partial charge is 0.159 e. The SMILES string of the molecule is CC(C)(C)c1cccc2c1oc1c(N(c3ccccc3)c3ccc4c5c(ccc4c3)-c3ccc4c(oc6c7ccc(N(c8ccccc8)c8cccc9c8oc8c(C(C)(C)C)cccc89)cc7ccc46)c3C5(C)C)cccc12. The summed E-state index contributed by atoms with van der Waals surface area (Å²) in [5.41, 5.74) is 18.6. The van der Waals surface area contributed by atoms with Gasteiger partial charge in [0.1, 0.15) is 22.3 Å². The highest BCUT2D eigenvalue weighted by Gasteiger charge is 2.40. The summed E-state index contributed by atoms with van der Waals surface area (Å²) >= 11 is 0. The van der Waals surface area contributed by atoms with Crippen molar-refractivity contribution in [2.75, 3.05) is 9.80 Å². The zero-order chi connectivity index (χ0) is 53.0. The molecule has 0 saturated carbocycles. The van der Waals surface area contributed by atoms with Crippen LogP contribution in [0.3, 0.4) is 0 Å². The summed E-state index contributed by atoms with van der Waals surface area (Å²) in [5.74, 6) is 0. The summed E-state index contributed by atoms with van der Waals surface area (Å²) in [5, 5.41) is 11.3. The Kier molecular flexibility index (Phi) is 9.77. The molecule has 78 heavy (non-hydrogen) atoms. The Balaban J connectivity index is 0.842. The number of nitrogens with zero attached hydrogens (tertiary/aromatic N) is 2. The van der Waals surface area contributed by atoms with Crippen LogP contribution in [0.4, 0.5) is 34.1 Å². The van der Waals surface area contributed by atoms with Gasteiger partial charge in [0.25, 0.3) is 0 Å². The number of hydrogen-bond acceptors (Lipinski definition) is 5. The molecule has 3 aromatic heterocycles. The van der Waals surface area contributed by atoms with Crippen molar-refractivity contribution in [2.45, 2.75) is 71.6 Å². The fourth-order valence-electron chi connectivity index (χ4n) is 13.2. The molecule has 3 heterocycles. The lowest BCUT2D eigenvalue weighted by Gasteiger charge is -2.27. The number of hydrogen-bond donors (Lipinski definition) is 0. The molecule has 0 aliphatic heterocycles. The molecule has 0 unspecified atom stereocenters. The van der Waals surface area contributed by atoms with Gasteiger partial charge in [-0.05, 0) is 123 Å². The van der Waals surface area contributed by atoms with Crippen LogP contribution in [-0.4, -0.2) is 0 Å². The Morgan fingerprint density at radius 2 is 0.705 bits per heavy atom. The first-order chi connectivity index (χ1) is 37.7. The van der Waals surface area contributed by atoms with Crippen LogP contribution in [-0.2, 0) is 16.2 Å². The Labute approximate surface area is 453 Å². The Hall–Kier alpha value is -9.06. The summed E-state index contributed by atoms with van der Waals surface area (Å²) in [6.07, 6.45) is 0. The van der Waals surface area contributed by atoms with E-state index in [1.807, 2.05) is 0 Å². The van der Waals surface area contributed by atoms with Crippen LogP contribution in [0.25, 0.3) is 98.5 Å². The molecular weight excluding hydrogens is 953 g/mol. The average molecular weight is 1010 g/mol. The Morgan fingerprint density at radius 3 is 1.24 bits per heavy atom. The molecule has 0 bridgehead atoms. The van der Waals surface area contributed by atoms with E-state index in [-0.39, 0.29) is 16.2 Å². The van der Waals surface area contributed by atoms with Crippen LogP contribution in [0.15, 0.2) is 220 Å². The molecule has 14 aromatic rings. The van der Waals surface area contributed by atoms with Gasteiger partial charge >= 0.3 is 0 Å². The van der Waals surface area contributed by atoms with Crippen molar-refractivity contribution in [3.63, 3.8) is 0 Å². The summed E-state index contributed by atoms with van der Waals surface area (Å²) in [6, 6.07) is 74.8. The van der Waals surface area contributed by atoms with E-state index < -0.39 is 0 Å². The number of para-hydroxylation sites is 6. The number of furan rings is 3. The van der Waals surface area contributed by atoms with Crippen molar-refractivity contribution in [1.29, 1.82) is 0 Å². The minimum atomic E-state index is -0.368. The Bertz CT molecular complexity index is 4790. The van der Waals surface area contributed by atoms with Gasteiger partial charge in [0, 0.05) is 82.6 Å². The second kappa shape index (κ2) is 16.5. The highest BCUT2D eigenvalue weighted by molar-refractivity contribution is 6.19. The van der Waals surface area contributed by atoms with Gasteiger partial charge in [0.05, 0.1) is 11.4 Å². The van der Waals surface area contributed by atoms with Crippen molar-refractivity contribution in [1.82, 2.24) is 0 Å². The molecule has 0 amide bonds. The lowest BCUT2D eigenvalue weighted by atomic mass is 9.79. The van der Waals surface area contributed by atoms with Crippen LogP contribution in [0.2, 0.25) is 0 Å². The van der Waals surface area contributed by atoms with Gasteiger partial charge in [-0.25, -0.2) is 0 Å². The topological polar surface area (TPSA) is 45.9 Å². The van der Waals surface area contributed by atoms with E-state index in [4.69, 9.17) is 13.3 Å². The molecule has 1 aliphatic carbocycles. The standard InChI is InChI=1S/C73H58N2O3/c1-71(2,3)59-27-15-23-53-55-25-17-29-61(68(55)77-66(53)59)74(45-19-11-9-12-20-45)47-33-37-49-43(41-47)31-35-51-52-39-40-58-57-36-32-44-42-48(34-38-50(44)65(57)76-70(58)64(52)73(7,8)63(49)51)75(46-21-13-10-14-22-46)62-30-18-26-56-54-24-16-28-60(72(4,5)6)67(54)78-69(56)62/h9-42H,1-8H3. The fraction of sp³-hybridized carbons (Fsp3) is 0.151. The molecule has 0 fully saturated rings.